The number of rotatable bonds is 0. The Kier molecular flexibility index (Phi) is 1.52. The van der Waals surface area contributed by atoms with Crippen molar-refractivity contribution in [3.8, 4) is 0 Å². The van der Waals surface area contributed by atoms with Crippen LogP contribution in [0.4, 0.5) is 0 Å². The third-order valence-electron chi connectivity index (χ3n) is 1.06. The van der Waals surface area contributed by atoms with Gasteiger partial charge in [-0.2, -0.15) is 0 Å². The monoisotopic (exact) mass is 145 g/mol. The van der Waals surface area contributed by atoms with E-state index in [0.717, 1.165) is 0 Å². The van der Waals surface area contributed by atoms with Gasteiger partial charge in [0.1, 0.15) is 6.61 Å². The summed E-state index contributed by atoms with van der Waals surface area (Å²) in [5, 5.41) is 7.28. The molecule has 1 heterocycles. The first-order valence-corrected chi connectivity index (χ1v) is 2.91. The second-order valence-corrected chi connectivity index (χ2v) is 2.06. The second-order valence-electron chi connectivity index (χ2n) is 1.64. The van der Waals surface area contributed by atoms with Crippen LogP contribution in [0.25, 0.3) is 0 Å². The van der Waals surface area contributed by atoms with Gasteiger partial charge < -0.3 is 10.5 Å². The van der Waals surface area contributed by atoms with Crippen molar-refractivity contribution in [2.45, 2.75) is 0 Å². The Morgan fingerprint density at radius 3 is 2.78 bits per heavy atom. The summed E-state index contributed by atoms with van der Waals surface area (Å²) in [6.07, 6.45) is 0. The summed E-state index contributed by atoms with van der Waals surface area (Å²) in [7, 11) is 0. The van der Waals surface area contributed by atoms with Crippen LogP contribution >= 0.6 is 12.2 Å². The molecule has 1 aliphatic heterocycles. The van der Waals surface area contributed by atoms with E-state index in [1.807, 2.05) is 0 Å². The maximum Gasteiger partial charge on any atom is 0.290 e. The molecule has 0 radical (unpaired) electrons. The summed E-state index contributed by atoms with van der Waals surface area (Å²) < 4.78 is 4.77. The Bertz CT molecular complexity index is 158. The topological polar surface area (TPSA) is 62.3 Å². The highest BCUT2D eigenvalue weighted by Crippen LogP contribution is 1.99. The summed E-state index contributed by atoms with van der Waals surface area (Å²) in [5.41, 5.74) is 5.22. The van der Waals surface area contributed by atoms with Crippen molar-refractivity contribution >= 4 is 23.4 Å². The van der Waals surface area contributed by atoms with Crippen molar-refractivity contribution in [3.05, 3.63) is 0 Å². The molecule has 4 nitrogen and oxygen atoms in total. The lowest BCUT2D eigenvalue weighted by Crippen LogP contribution is -2.36. The molecule has 1 saturated heterocycles. The molecule has 3 N–H and O–H groups in total. The number of hydrogen-bond acceptors (Lipinski definition) is 3. The fourth-order valence-electron chi connectivity index (χ4n) is 0.623. The molecule has 0 amide bonds. The summed E-state index contributed by atoms with van der Waals surface area (Å²) >= 11 is 4.62. The third kappa shape index (κ3) is 1.10. The van der Waals surface area contributed by atoms with Crippen LogP contribution in [-0.4, -0.2) is 29.2 Å². The first-order valence-electron chi connectivity index (χ1n) is 2.50. The van der Waals surface area contributed by atoms with Crippen molar-refractivity contribution in [1.29, 1.82) is 5.41 Å². The minimum Gasteiger partial charge on any atom is -0.463 e. The lowest BCUT2D eigenvalue weighted by atomic mass is 10.6. The van der Waals surface area contributed by atoms with Gasteiger partial charge in [0, 0.05) is 0 Å². The number of nitrogens with two attached hydrogens (primary N) is 1. The Morgan fingerprint density at radius 2 is 2.56 bits per heavy atom. The third-order valence-corrected chi connectivity index (χ3v) is 1.29. The van der Waals surface area contributed by atoms with E-state index in [1.54, 1.807) is 0 Å². The molecule has 0 unspecified atom stereocenters. The molecule has 1 rings (SSSR count). The molecule has 0 bridgehead atoms. The normalized spacial score (nSPS) is 17.8. The fourth-order valence-corrected chi connectivity index (χ4v) is 0.798. The van der Waals surface area contributed by atoms with Gasteiger partial charge in [0.2, 0.25) is 0 Å². The number of hydrogen-bond donors (Lipinski definition) is 2. The number of nitrogens with zero attached hydrogens (tertiary/aromatic N) is 1. The molecule has 1 aliphatic rings. The molecule has 0 saturated carbocycles. The standard InChI is InChI=1S/C4H7N3OS/c5-3-7(4(6)9)1-2-8-3/h5H,1-2H2,(H2,6,9). The Morgan fingerprint density at radius 1 is 1.89 bits per heavy atom. The predicted molar refractivity (Wildman–Crippen MR) is 37.2 cm³/mol. The highest BCUT2D eigenvalue weighted by atomic mass is 32.1. The minimum atomic E-state index is 0.0579. The molecular formula is C4H7N3OS. The van der Waals surface area contributed by atoms with Gasteiger partial charge in [-0.1, -0.05) is 0 Å². The van der Waals surface area contributed by atoms with E-state index in [0.29, 0.717) is 13.2 Å². The van der Waals surface area contributed by atoms with Crippen molar-refractivity contribution in [2.24, 2.45) is 5.73 Å². The quantitative estimate of drug-likeness (QED) is 0.451. The van der Waals surface area contributed by atoms with E-state index >= 15 is 0 Å². The zero-order valence-electron chi connectivity index (χ0n) is 4.76. The summed E-state index contributed by atoms with van der Waals surface area (Å²) in [4.78, 5) is 1.44. The van der Waals surface area contributed by atoms with Gasteiger partial charge in [-0.05, 0) is 12.2 Å². The molecule has 0 aromatic carbocycles. The maximum absolute atomic E-state index is 7.07. The zero-order valence-corrected chi connectivity index (χ0v) is 5.57. The lowest BCUT2D eigenvalue weighted by Gasteiger charge is -2.09. The summed E-state index contributed by atoms with van der Waals surface area (Å²) in [6, 6.07) is 0.0579. The van der Waals surface area contributed by atoms with E-state index in [9.17, 15) is 0 Å². The van der Waals surface area contributed by atoms with Crippen LogP contribution < -0.4 is 5.73 Å². The molecule has 50 valence electrons. The van der Waals surface area contributed by atoms with Crippen LogP contribution in [0.1, 0.15) is 0 Å². The van der Waals surface area contributed by atoms with E-state index in [-0.39, 0.29) is 11.1 Å². The average Bonchev–Trinajstić information content (AvgIpc) is 2.13. The average molecular weight is 145 g/mol. The number of nitrogens with one attached hydrogen (secondary N) is 1. The highest BCUT2D eigenvalue weighted by Gasteiger charge is 2.19. The van der Waals surface area contributed by atoms with Crippen molar-refractivity contribution in [1.82, 2.24) is 4.90 Å². The number of ether oxygens (including phenoxy) is 1. The molecule has 0 atom stereocenters. The van der Waals surface area contributed by atoms with Crippen molar-refractivity contribution < 1.29 is 4.74 Å². The fraction of sp³-hybridized carbons (Fsp3) is 0.500. The van der Waals surface area contributed by atoms with Gasteiger partial charge in [-0.25, -0.2) is 0 Å². The maximum atomic E-state index is 7.07. The van der Waals surface area contributed by atoms with Gasteiger partial charge >= 0.3 is 0 Å². The van der Waals surface area contributed by atoms with Crippen LogP contribution in [0.5, 0.6) is 0 Å². The van der Waals surface area contributed by atoms with Gasteiger partial charge in [0.15, 0.2) is 5.11 Å². The van der Waals surface area contributed by atoms with Crippen LogP contribution in [-0.2, 0) is 4.74 Å². The van der Waals surface area contributed by atoms with E-state index in [1.165, 1.54) is 4.90 Å². The van der Waals surface area contributed by atoms with E-state index < -0.39 is 0 Å². The Balaban J connectivity index is 2.60. The first-order chi connectivity index (χ1) is 4.22. The molecule has 9 heavy (non-hydrogen) atoms. The minimum absolute atomic E-state index is 0.0579. The van der Waals surface area contributed by atoms with Gasteiger partial charge in [0.05, 0.1) is 6.54 Å². The predicted octanol–water partition coefficient (Wildman–Crippen LogP) is -0.503. The molecule has 1 fully saturated rings. The van der Waals surface area contributed by atoms with E-state index in [2.05, 4.69) is 12.2 Å². The van der Waals surface area contributed by atoms with Gasteiger partial charge in [-0.3, -0.25) is 10.3 Å². The summed E-state index contributed by atoms with van der Waals surface area (Å²) in [5.74, 6) is 0. The molecule has 0 aromatic heterocycles. The van der Waals surface area contributed by atoms with Crippen molar-refractivity contribution in [2.75, 3.05) is 13.2 Å². The van der Waals surface area contributed by atoms with Crippen LogP contribution in [0.15, 0.2) is 0 Å². The van der Waals surface area contributed by atoms with Gasteiger partial charge in [0.25, 0.3) is 6.02 Å². The SMILES string of the molecule is N=C1OCCN1C(N)=S. The first kappa shape index (κ1) is 6.28. The molecule has 0 aliphatic carbocycles. The Hall–Kier alpha value is -0.840. The van der Waals surface area contributed by atoms with Crippen molar-refractivity contribution in [3.63, 3.8) is 0 Å². The largest absolute Gasteiger partial charge is 0.463 e. The van der Waals surface area contributed by atoms with Crippen LogP contribution in [0.2, 0.25) is 0 Å². The Labute approximate surface area is 58.1 Å². The molecule has 5 heteroatoms. The summed E-state index contributed by atoms with van der Waals surface area (Å²) in [6.45, 7) is 1.12. The molecular weight excluding hydrogens is 138 g/mol. The highest BCUT2D eigenvalue weighted by molar-refractivity contribution is 7.80. The van der Waals surface area contributed by atoms with Gasteiger partial charge in [-0.15, -0.1) is 0 Å². The van der Waals surface area contributed by atoms with Crippen LogP contribution in [0.3, 0.4) is 0 Å². The van der Waals surface area contributed by atoms with E-state index in [4.69, 9.17) is 15.9 Å². The number of thiocarbonyl (C=S) groups is 1. The zero-order chi connectivity index (χ0) is 6.85. The number of amidine groups is 1. The second kappa shape index (κ2) is 2.18. The van der Waals surface area contributed by atoms with Crippen LogP contribution in [0, 0.1) is 5.41 Å². The molecule has 0 aromatic rings. The molecule has 0 spiro atoms. The smallest absolute Gasteiger partial charge is 0.290 e. The lowest BCUT2D eigenvalue weighted by molar-refractivity contribution is 0.349.